The van der Waals surface area contributed by atoms with Crippen LogP contribution in [0.4, 0.5) is 0 Å². The quantitative estimate of drug-likeness (QED) is 0.208. The molecule has 1 aromatic heterocycles. The minimum absolute atomic E-state index is 0.0809. The first-order chi connectivity index (χ1) is 19.6. The second kappa shape index (κ2) is 12.6. The summed E-state index contributed by atoms with van der Waals surface area (Å²) in [7, 11) is 0. The van der Waals surface area contributed by atoms with Crippen molar-refractivity contribution in [3.63, 3.8) is 0 Å². The first-order valence-electron chi connectivity index (χ1n) is 14.6. The number of phenols is 2. The van der Waals surface area contributed by atoms with Gasteiger partial charge in [-0.05, 0) is 110 Å². The molecule has 2 fully saturated rings. The summed E-state index contributed by atoms with van der Waals surface area (Å²) >= 11 is 1.68. The van der Waals surface area contributed by atoms with Gasteiger partial charge in [-0.2, -0.15) is 0 Å². The van der Waals surface area contributed by atoms with Gasteiger partial charge in [0, 0.05) is 34.8 Å². The van der Waals surface area contributed by atoms with E-state index in [-0.39, 0.29) is 17.5 Å². The number of likely N-dealkylation sites (tertiary alicyclic amines) is 1. The highest BCUT2D eigenvalue weighted by Gasteiger charge is 2.26. The van der Waals surface area contributed by atoms with Gasteiger partial charge < -0.3 is 14.9 Å². The topological polar surface area (TPSA) is 68.2 Å². The highest BCUT2D eigenvalue weighted by Crippen LogP contribution is 2.45. The Balaban J connectivity index is 1.33. The van der Waals surface area contributed by atoms with E-state index in [1.807, 2.05) is 24.3 Å². The SMILES string of the molecule is Oc1ccc(-c2sc3cc(O)ccc3c2C(NN2CCCCC2)c2ccc(OCCN3CCCCC3)cc2)cc1. The molecule has 4 aromatic rings. The third-order valence-corrected chi connectivity index (χ3v) is 9.35. The van der Waals surface area contributed by atoms with Crippen molar-refractivity contribution >= 4 is 21.4 Å². The zero-order chi connectivity index (χ0) is 27.3. The minimum atomic E-state index is -0.0809. The van der Waals surface area contributed by atoms with Crippen molar-refractivity contribution in [1.29, 1.82) is 0 Å². The average Bonchev–Trinajstić information content (AvgIpc) is 3.36. The molecule has 0 aliphatic carbocycles. The number of fused-ring (bicyclic) bond motifs is 1. The lowest BCUT2D eigenvalue weighted by molar-refractivity contribution is 0.138. The van der Waals surface area contributed by atoms with Crippen molar-refractivity contribution in [3.05, 3.63) is 77.9 Å². The molecule has 0 radical (unpaired) electrons. The molecule has 1 atom stereocenters. The van der Waals surface area contributed by atoms with Gasteiger partial charge in [-0.25, -0.2) is 10.4 Å². The van der Waals surface area contributed by atoms with Crippen molar-refractivity contribution in [2.24, 2.45) is 0 Å². The number of phenolic OH excluding ortho intramolecular Hbond substituents is 2. The Labute approximate surface area is 240 Å². The monoisotopic (exact) mass is 557 g/mol. The zero-order valence-corrected chi connectivity index (χ0v) is 23.8. The van der Waals surface area contributed by atoms with E-state index < -0.39 is 0 Å². The number of nitrogens with zero attached hydrogens (tertiary/aromatic N) is 2. The molecule has 0 amide bonds. The normalized spacial score (nSPS) is 17.7. The van der Waals surface area contributed by atoms with E-state index in [4.69, 9.17) is 4.74 Å². The van der Waals surface area contributed by atoms with Gasteiger partial charge in [-0.15, -0.1) is 11.3 Å². The number of nitrogens with one attached hydrogen (secondary N) is 1. The van der Waals surface area contributed by atoms with Crippen LogP contribution in [-0.2, 0) is 0 Å². The van der Waals surface area contributed by atoms with Crippen LogP contribution in [0.3, 0.4) is 0 Å². The van der Waals surface area contributed by atoms with Gasteiger partial charge in [-0.3, -0.25) is 4.90 Å². The Morgan fingerprint density at radius 2 is 1.45 bits per heavy atom. The highest BCUT2D eigenvalue weighted by molar-refractivity contribution is 7.22. The molecule has 7 heteroatoms. The zero-order valence-electron chi connectivity index (χ0n) is 23.0. The molecule has 210 valence electrons. The Hall–Kier alpha value is -3.10. The van der Waals surface area contributed by atoms with Gasteiger partial charge in [0.25, 0.3) is 0 Å². The fourth-order valence-corrected chi connectivity index (χ4v) is 7.24. The maximum absolute atomic E-state index is 10.3. The number of aromatic hydroxyl groups is 2. The summed E-state index contributed by atoms with van der Waals surface area (Å²) in [4.78, 5) is 3.64. The molecule has 6 rings (SSSR count). The van der Waals surface area contributed by atoms with E-state index in [1.54, 1.807) is 29.5 Å². The summed E-state index contributed by atoms with van der Waals surface area (Å²) in [6.45, 7) is 6.09. The number of piperidine rings is 2. The van der Waals surface area contributed by atoms with Gasteiger partial charge in [0.05, 0.1) is 6.04 Å². The summed E-state index contributed by atoms with van der Waals surface area (Å²) in [5.74, 6) is 1.42. The molecule has 0 spiro atoms. The molecule has 2 aliphatic heterocycles. The van der Waals surface area contributed by atoms with Crippen LogP contribution < -0.4 is 10.2 Å². The lowest BCUT2D eigenvalue weighted by Gasteiger charge is -2.32. The Kier molecular flexibility index (Phi) is 8.54. The number of thiophene rings is 1. The molecule has 3 N–H and O–H groups in total. The predicted octanol–water partition coefficient (Wildman–Crippen LogP) is 6.92. The predicted molar refractivity (Wildman–Crippen MR) is 163 cm³/mol. The second-order valence-corrected chi connectivity index (χ2v) is 12.1. The molecule has 0 saturated carbocycles. The van der Waals surface area contributed by atoms with Crippen molar-refractivity contribution in [2.75, 3.05) is 39.3 Å². The van der Waals surface area contributed by atoms with Crippen LogP contribution in [0.25, 0.3) is 20.5 Å². The number of rotatable bonds is 9. The van der Waals surface area contributed by atoms with E-state index >= 15 is 0 Å². The van der Waals surface area contributed by atoms with Crippen LogP contribution in [0.1, 0.15) is 55.7 Å². The molecular formula is C33H39N3O3S. The highest BCUT2D eigenvalue weighted by atomic mass is 32.1. The number of hydrogen-bond donors (Lipinski definition) is 3. The van der Waals surface area contributed by atoms with E-state index in [1.165, 1.54) is 62.7 Å². The maximum Gasteiger partial charge on any atom is 0.119 e. The van der Waals surface area contributed by atoms with Crippen molar-refractivity contribution in [3.8, 4) is 27.7 Å². The molecule has 3 heterocycles. The van der Waals surface area contributed by atoms with Crippen LogP contribution in [0, 0.1) is 0 Å². The molecule has 1 unspecified atom stereocenters. The summed E-state index contributed by atoms with van der Waals surface area (Å²) in [6, 6.07) is 21.6. The lowest BCUT2D eigenvalue weighted by atomic mass is 9.94. The average molecular weight is 558 g/mol. The summed E-state index contributed by atoms with van der Waals surface area (Å²) < 4.78 is 7.19. The molecule has 2 aliphatic rings. The van der Waals surface area contributed by atoms with E-state index in [0.29, 0.717) is 6.61 Å². The second-order valence-electron chi connectivity index (χ2n) is 11.0. The maximum atomic E-state index is 10.3. The van der Waals surface area contributed by atoms with Crippen LogP contribution >= 0.6 is 11.3 Å². The standard InChI is InChI=1S/C33H39N3O3S/c37-26-11-7-25(8-12-26)33-31(29-16-13-27(38)23-30(29)40-33)32(34-36-19-5-2-6-20-36)24-9-14-28(15-10-24)39-22-21-35-17-3-1-4-18-35/h7-16,23,32,34,37-38H,1-6,17-22H2. The fourth-order valence-electron chi connectivity index (χ4n) is 5.96. The van der Waals surface area contributed by atoms with Gasteiger partial charge in [-0.1, -0.05) is 25.0 Å². The molecule has 3 aromatic carbocycles. The van der Waals surface area contributed by atoms with Gasteiger partial charge in [0.2, 0.25) is 0 Å². The van der Waals surface area contributed by atoms with Gasteiger partial charge in [0.15, 0.2) is 0 Å². The molecule has 2 saturated heterocycles. The van der Waals surface area contributed by atoms with E-state index in [9.17, 15) is 10.2 Å². The molecule has 40 heavy (non-hydrogen) atoms. The van der Waals surface area contributed by atoms with E-state index in [2.05, 4.69) is 39.6 Å². The third kappa shape index (κ3) is 6.28. The van der Waals surface area contributed by atoms with Crippen LogP contribution in [0.5, 0.6) is 17.2 Å². The lowest BCUT2D eigenvalue weighted by Crippen LogP contribution is -2.44. The number of hydrogen-bond acceptors (Lipinski definition) is 7. The summed E-state index contributed by atoms with van der Waals surface area (Å²) in [5, 5.41) is 23.7. The molecule has 0 bridgehead atoms. The Bertz CT molecular complexity index is 1390. The summed E-state index contributed by atoms with van der Waals surface area (Å²) in [5.41, 5.74) is 7.30. The van der Waals surface area contributed by atoms with Crippen molar-refractivity contribution < 1.29 is 14.9 Å². The minimum Gasteiger partial charge on any atom is -0.508 e. The van der Waals surface area contributed by atoms with Crippen LogP contribution in [-0.4, -0.2) is 59.5 Å². The van der Waals surface area contributed by atoms with Gasteiger partial charge in [0.1, 0.15) is 23.9 Å². The molecular weight excluding hydrogens is 518 g/mol. The van der Waals surface area contributed by atoms with Crippen LogP contribution in [0.2, 0.25) is 0 Å². The molecule has 6 nitrogen and oxygen atoms in total. The van der Waals surface area contributed by atoms with Crippen LogP contribution in [0.15, 0.2) is 66.7 Å². The largest absolute Gasteiger partial charge is 0.508 e. The number of benzene rings is 3. The van der Waals surface area contributed by atoms with Gasteiger partial charge >= 0.3 is 0 Å². The first-order valence-corrected chi connectivity index (χ1v) is 15.5. The van der Waals surface area contributed by atoms with Crippen molar-refractivity contribution in [1.82, 2.24) is 15.3 Å². The van der Waals surface area contributed by atoms with Crippen molar-refractivity contribution in [2.45, 2.75) is 44.6 Å². The smallest absolute Gasteiger partial charge is 0.119 e. The van der Waals surface area contributed by atoms with E-state index in [0.717, 1.165) is 45.9 Å². The first kappa shape index (κ1) is 27.1. The number of hydrazine groups is 1. The summed E-state index contributed by atoms with van der Waals surface area (Å²) in [6.07, 6.45) is 7.58. The third-order valence-electron chi connectivity index (χ3n) is 8.14. The Morgan fingerprint density at radius 3 is 2.17 bits per heavy atom. The Morgan fingerprint density at radius 1 is 0.775 bits per heavy atom. The fraction of sp³-hybridized carbons (Fsp3) is 0.394. The number of ether oxygens (including phenoxy) is 1.